The zero-order chi connectivity index (χ0) is 11.4. The lowest BCUT2D eigenvalue weighted by Gasteiger charge is -1.98. The van der Waals surface area contributed by atoms with E-state index in [1.807, 2.05) is 12.5 Å². The smallest absolute Gasteiger partial charge is 0.270 e. The van der Waals surface area contributed by atoms with Crippen LogP contribution in [-0.2, 0) is 10.9 Å². The summed E-state index contributed by atoms with van der Waals surface area (Å²) in [4.78, 5) is 21.6. The van der Waals surface area contributed by atoms with Gasteiger partial charge in [0.15, 0.2) is 5.75 Å². The Balaban J connectivity index is 2.90. The van der Waals surface area contributed by atoms with Crippen molar-refractivity contribution in [3.8, 4) is 0 Å². The van der Waals surface area contributed by atoms with Crippen molar-refractivity contribution < 1.29 is 9.72 Å². The predicted molar refractivity (Wildman–Crippen MR) is 61.5 cm³/mol. The highest BCUT2D eigenvalue weighted by atomic mass is 32.2. The molecule has 0 heterocycles. The maximum absolute atomic E-state index is 11.6. The van der Waals surface area contributed by atoms with Crippen LogP contribution in [0.15, 0.2) is 24.3 Å². The molecule has 4 nitrogen and oxygen atoms in total. The summed E-state index contributed by atoms with van der Waals surface area (Å²) in [6.07, 6.45) is 3.94. The van der Waals surface area contributed by atoms with E-state index < -0.39 is 4.92 Å². The zero-order valence-corrected chi connectivity index (χ0v) is 9.41. The van der Waals surface area contributed by atoms with E-state index in [1.165, 1.54) is 18.2 Å². The molecule has 0 saturated heterocycles. The first-order chi connectivity index (χ1) is 7.00. The fourth-order valence-electron chi connectivity index (χ4n) is 1.14. The van der Waals surface area contributed by atoms with Gasteiger partial charge in [-0.1, -0.05) is 12.1 Å². The SMILES string of the molecule is C[S+](C)CC(=O)c1cccc([N+](=O)[O-])c1. The zero-order valence-electron chi connectivity index (χ0n) is 8.60. The number of nitro groups is 1. The number of carbonyl (C=O) groups excluding carboxylic acids is 1. The molecular weight excluding hydrogens is 214 g/mol. The number of Topliss-reactive ketones (excluding diaryl/α,β-unsaturated/α-hetero) is 1. The molecule has 0 aliphatic rings. The molecule has 0 aliphatic carbocycles. The minimum absolute atomic E-state index is 0.0171. The highest BCUT2D eigenvalue weighted by Gasteiger charge is 2.16. The number of hydrogen-bond acceptors (Lipinski definition) is 3. The van der Waals surface area contributed by atoms with Gasteiger partial charge in [0.1, 0.15) is 0 Å². The third-order valence-electron chi connectivity index (χ3n) is 1.80. The second kappa shape index (κ2) is 4.93. The number of benzene rings is 1. The first-order valence-corrected chi connectivity index (χ1v) is 6.53. The third-order valence-corrected chi connectivity index (χ3v) is 2.64. The van der Waals surface area contributed by atoms with Crippen molar-refractivity contribution in [3.63, 3.8) is 0 Å². The average Bonchev–Trinajstić information content (AvgIpc) is 2.17. The van der Waals surface area contributed by atoms with Crippen molar-refractivity contribution >= 4 is 22.4 Å². The number of nitrogens with zero attached hydrogens (tertiary/aromatic N) is 1. The minimum atomic E-state index is -0.492. The van der Waals surface area contributed by atoms with E-state index >= 15 is 0 Å². The van der Waals surface area contributed by atoms with Crippen LogP contribution in [0.1, 0.15) is 10.4 Å². The Morgan fingerprint density at radius 2 is 2.13 bits per heavy atom. The molecule has 0 atom stereocenters. The fourth-order valence-corrected chi connectivity index (χ4v) is 1.83. The van der Waals surface area contributed by atoms with E-state index in [4.69, 9.17) is 0 Å². The monoisotopic (exact) mass is 226 g/mol. The molecule has 0 bridgehead atoms. The maximum Gasteiger partial charge on any atom is 0.270 e. The molecule has 0 aliphatic heterocycles. The van der Waals surface area contributed by atoms with Gasteiger partial charge < -0.3 is 0 Å². The molecule has 1 aromatic carbocycles. The molecule has 80 valence electrons. The Bertz CT molecular complexity index is 390. The molecule has 0 fully saturated rings. The molecule has 0 aromatic heterocycles. The van der Waals surface area contributed by atoms with Crippen LogP contribution >= 0.6 is 0 Å². The topological polar surface area (TPSA) is 60.2 Å². The van der Waals surface area contributed by atoms with E-state index in [0.29, 0.717) is 11.3 Å². The molecule has 0 saturated carbocycles. The minimum Gasteiger partial charge on any atom is -0.289 e. The van der Waals surface area contributed by atoms with Crippen molar-refractivity contribution in [2.75, 3.05) is 18.3 Å². The Morgan fingerprint density at radius 3 is 2.67 bits per heavy atom. The fraction of sp³-hybridized carbons (Fsp3) is 0.300. The lowest BCUT2D eigenvalue weighted by molar-refractivity contribution is -0.384. The normalized spacial score (nSPS) is 10.3. The highest BCUT2D eigenvalue weighted by molar-refractivity contribution is 7.96. The molecule has 0 spiro atoms. The standard InChI is InChI=1S/C10H12NO3S/c1-15(2)7-10(12)8-4-3-5-9(6-8)11(13)14/h3-6H,7H2,1-2H3/q+1. The largest absolute Gasteiger partial charge is 0.289 e. The number of nitro benzene ring substituents is 1. The highest BCUT2D eigenvalue weighted by Crippen LogP contribution is 2.13. The van der Waals surface area contributed by atoms with E-state index in [-0.39, 0.29) is 22.4 Å². The van der Waals surface area contributed by atoms with Gasteiger partial charge in [0.25, 0.3) is 5.69 Å². The number of non-ortho nitro benzene ring substituents is 1. The Hall–Kier alpha value is -1.36. The molecule has 1 rings (SSSR count). The molecule has 0 N–H and O–H groups in total. The van der Waals surface area contributed by atoms with Crippen LogP contribution in [-0.4, -0.2) is 29.0 Å². The summed E-state index contributed by atoms with van der Waals surface area (Å²) < 4.78 is 0. The molecule has 5 heteroatoms. The first kappa shape index (κ1) is 11.7. The summed E-state index contributed by atoms with van der Waals surface area (Å²) >= 11 is 0. The molecule has 0 unspecified atom stereocenters. The lowest BCUT2D eigenvalue weighted by atomic mass is 10.1. The van der Waals surface area contributed by atoms with Crippen molar-refractivity contribution in [2.45, 2.75) is 0 Å². The molecule has 15 heavy (non-hydrogen) atoms. The number of hydrogen-bond donors (Lipinski definition) is 0. The van der Waals surface area contributed by atoms with Crippen LogP contribution in [0.3, 0.4) is 0 Å². The molecule has 0 amide bonds. The Kier molecular flexibility index (Phi) is 3.85. The Labute approximate surface area is 90.8 Å². The van der Waals surface area contributed by atoms with Crippen LogP contribution in [0.5, 0.6) is 0 Å². The van der Waals surface area contributed by atoms with Gasteiger partial charge in [-0.3, -0.25) is 14.9 Å². The summed E-state index contributed by atoms with van der Waals surface area (Å²) in [6, 6.07) is 5.86. The van der Waals surface area contributed by atoms with Gasteiger partial charge in [-0.2, -0.15) is 0 Å². The average molecular weight is 226 g/mol. The van der Waals surface area contributed by atoms with Crippen molar-refractivity contribution in [1.82, 2.24) is 0 Å². The number of carbonyl (C=O) groups is 1. The van der Waals surface area contributed by atoms with Gasteiger partial charge in [0, 0.05) is 17.7 Å². The maximum atomic E-state index is 11.6. The van der Waals surface area contributed by atoms with Gasteiger partial charge >= 0.3 is 0 Å². The lowest BCUT2D eigenvalue weighted by Crippen LogP contribution is -2.13. The van der Waals surface area contributed by atoms with E-state index in [9.17, 15) is 14.9 Å². The van der Waals surface area contributed by atoms with Crippen LogP contribution in [0.2, 0.25) is 0 Å². The molecule has 0 radical (unpaired) electrons. The Morgan fingerprint density at radius 1 is 1.47 bits per heavy atom. The first-order valence-electron chi connectivity index (χ1n) is 4.32. The van der Waals surface area contributed by atoms with Gasteiger partial charge in [0.2, 0.25) is 5.78 Å². The predicted octanol–water partition coefficient (Wildman–Crippen LogP) is 1.66. The van der Waals surface area contributed by atoms with Gasteiger partial charge in [-0.05, 0) is 10.9 Å². The van der Waals surface area contributed by atoms with Crippen LogP contribution in [0.25, 0.3) is 0 Å². The van der Waals surface area contributed by atoms with Crippen LogP contribution < -0.4 is 0 Å². The third kappa shape index (κ3) is 3.36. The second-order valence-electron chi connectivity index (χ2n) is 3.36. The van der Waals surface area contributed by atoms with Gasteiger partial charge in [-0.15, -0.1) is 0 Å². The second-order valence-corrected chi connectivity index (χ2v) is 5.62. The molecule has 1 aromatic rings. The van der Waals surface area contributed by atoms with E-state index in [0.717, 1.165) is 0 Å². The molecular formula is C10H12NO3S+. The van der Waals surface area contributed by atoms with Crippen LogP contribution in [0, 0.1) is 10.1 Å². The van der Waals surface area contributed by atoms with Crippen molar-refractivity contribution in [2.24, 2.45) is 0 Å². The summed E-state index contributed by atoms with van der Waals surface area (Å²) in [5.74, 6) is 0.410. The summed E-state index contributed by atoms with van der Waals surface area (Å²) in [6.45, 7) is 0. The van der Waals surface area contributed by atoms with Gasteiger partial charge in [-0.25, -0.2) is 0 Å². The van der Waals surface area contributed by atoms with Crippen molar-refractivity contribution in [3.05, 3.63) is 39.9 Å². The quantitative estimate of drug-likeness (QED) is 0.339. The van der Waals surface area contributed by atoms with E-state index in [2.05, 4.69) is 0 Å². The summed E-state index contributed by atoms with van der Waals surface area (Å²) in [5, 5.41) is 10.5. The summed E-state index contributed by atoms with van der Waals surface area (Å²) in [7, 11) is 0.0171. The van der Waals surface area contributed by atoms with E-state index in [1.54, 1.807) is 6.07 Å². The van der Waals surface area contributed by atoms with Crippen LogP contribution in [0.4, 0.5) is 5.69 Å². The van der Waals surface area contributed by atoms with Crippen molar-refractivity contribution in [1.29, 1.82) is 0 Å². The van der Waals surface area contributed by atoms with Gasteiger partial charge in [0.05, 0.1) is 17.4 Å². The summed E-state index contributed by atoms with van der Waals surface area (Å²) in [5.41, 5.74) is 0.387. The number of rotatable bonds is 4. The number of ketones is 1.